The Kier molecular flexibility index (Phi) is 8.26. The maximum absolute atomic E-state index is 13.8. The van der Waals surface area contributed by atoms with Gasteiger partial charge in [0.05, 0.1) is 12.0 Å². The van der Waals surface area contributed by atoms with E-state index >= 15 is 0 Å². The summed E-state index contributed by atoms with van der Waals surface area (Å²) in [7, 11) is -2.72. The Morgan fingerprint density at radius 2 is 1.55 bits per heavy atom. The number of benzene rings is 2. The van der Waals surface area contributed by atoms with Gasteiger partial charge in [-0.1, -0.05) is 30.3 Å². The molecule has 6 nitrogen and oxygen atoms in total. The second-order valence-corrected chi connectivity index (χ2v) is 10.6. The number of hydrogen-bond donors (Lipinski definition) is 1. The molecule has 0 saturated heterocycles. The van der Waals surface area contributed by atoms with Crippen LogP contribution in [0.3, 0.4) is 0 Å². The third kappa shape index (κ3) is 5.46. The minimum absolute atomic E-state index is 0.0210. The summed E-state index contributed by atoms with van der Waals surface area (Å²) in [5.41, 5.74) is 0.669. The molecule has 2 aromatic rings. The Morgan fingerprint density at radius 1 is 1.00 bits per heavy atom. The average molecular weight is 448 g/mol. The first-order valence-electron chi connectivity index (χ1n) is 10.5. The van der Waals surface area contributed by atoms with E-state index < -0.39 is 20.6 Å². The van der Waals surface area contributed by atoms with E-state index in [0.29, 0.717) is 17.9 Å². The molecule has 0 amide bonds. The zero-order chi connectivity index (χ0) is 23.2. The van der Waals surface area contributed by atoms with Gasteiger partial charge in [0, 0.05) is 25.0 Å². The van der Waals surface area contributed by atoms with Crippen molar-refractivity contribution in [1.29, 1.82) is 0 Å². The molecule has 0 fully saturated rings. The molecule has 7 heteroatoms. The summed E-state index contributed by atoms with van der Waals surface area (Å²) in [5.74, 6) is -0.826. The highest BCUT2D eigenvalue weighted by Crippen LogP contribution is 2.35. The molecule has 0 bridgehead atoms. The molecular formula is C24H33NO5S. The van der Waals surface area contributed by atoms with Crippen molar-refractivity contribution in [2.24, 2.45) is 0 Å². The highest BCUT2D eigenvalue weighted by Gasteiger charge is 2.51. The quantitative estimate of drug-likeness (QED) is 0.560. The van der Waals surface area contributed by atoms with Gasteiger partial charge in [-0.05, 0) is 63.9 Å². The third-order valence-electron chi connectivity index (χ3n) is 5.71. The number of ether oxygens (including phenoxy) is 1. The van der Waals surface area contributed by atoms with E-state index in [9.17, 15) is 18.3 Å². The van der Waals surface area contributed by atoms with Crippen LogP contribution < -0.4 is 4.74 Å². The van der Waals surface area contributed by atoms with Crippen molar-refractivity contribution in [1.82, 2.24) is 4.90 Å². The first kappa shape index (κ1) is 24.9. The summed E-state index contributed by atoms with van der Waals surface area (Å²) in [6.45, 7) is 8.45. The molecular weight excluding hydrogens is 414 g/mol. The van der Waals surface area contributed by atoms with Gasteiger partial charge < -0.3 is 9.84 Å². The predicted octanol–water partition coefficient (Wildman–Crippen LogP) is 4.04. The second kappa shape index (κ2) is 10.3. The van der Waals surface area contributed by atoms with Gasteiger partial charge in [0.1, 0.15) is 5.75 Å². The van der Waals surface area contributed by atoms with Crippen LogP contribution in [0.5, 0.6) is 5.75 Å². The summed E-state index contributed by atoms with van der Waals surface area (Å²) < 4.78 is 30.8. The highest BCUT2D eigenvalue weighted by atomic mass is 32.2. The van der Waals surface area contributed by atoms with Gasteiger partial charge in [-0.15, -0.1) is 0 Å². The van der Waals surface area contributed by atoms with Crippen LogP contribution in [0.15, 0.2) is 59.5 Å². The fourth-order valence-electron chi connectivity index (χ4n) is 3.94. The van der Waals surface area contributed by atoms with Crippen molar-refractivity contribution >= 4 is 15.8 Å². The van der Waals surface area contributed by atoms with Gasteiger partial charge in [0.2, 0.25) is 0 Å². The van der Waals surface area contributed by atoms with E-state index in [-0.39, 0.29) is 29.8 Å². The summed E-state index contributed by atoms with van der Waals surface area (Å²) in [5, 5.41) is 10.4. The van der Waals surface area contributed by atoms with E-state index in [2.05, 4.69) is 4.90 Å². The Hall–Kier alpha value is -2.38. The number of carbonyl (C=O) groups is 1. The van der Waals surface area contributed by atoms with Crippen molar-refractivity contribution in [2.45, 2.75) is 62.3 Å². The number of hydrogen-bond acceptors (Lipinski definition) is 5. The SMILES string of the molecule is COc1ccc(S(=O)(=O)C(CCN(C(C)C)C(C)C)(Cc2ccccc2)C(=O)O)cc1. The number of carboxylic acid groups (broad SMARTS) is 1. The van der Waals surface area contributed by atoms with Crippen molar-refractivity contribution in [3.63, 3.8) is 0 Å². The van der Waals surface area contributed by atoms with Gasteiger partial charge in [-0.25, -0.2) is 8.42 Å². The maximum atomic E-state index is 13.8. The molecule has 1 atom stereocenters. The van der Waals surface area contributed by atoms with Crippen LogP contribution >= 0.6 is 0 Å². The molecule has 1 unspecified atom stereocenters. The monoisotopic (exact) mass is 447 g/mol. The molecule has 0 aliphatic heterocycles. The van der Waals surface area contributed by atoms with E-state index in [4.69, 9.17) is 4.74 Å². The van der Waals surface area contributed by atoms with Gasteiger partial charge in [-0.3, -0.25) is 9.69 Å². The van der Waals surface area contributed by atoms with E-state index in [1.807, 2.05) is 33.8 Å². The van der Waals surface area contributed by atoms with E-state index in [0.717, 1.165) is 0 Å². The number of aliphatic carboxylic acids is 1. The second-order valence-electron chi connectivity index (χ2n) is 8.32. The standard InChI is InChI=1S/C24H33NO5S/c1-18(2)25(19(3)4)16-15-24(23(26)27,17-20-9-7-6-8-10-20)31(28,29)22-13-11-21(30-5)12-14-22/h6-14,18-19H,15-17H2,1-5H3,(H,26,27). The number of sulfone groups is 1. The molecule has 31 heavy (non-hydrogen) atoms. The van der Waals surface area contributed by atoms with Gasteiger partial charge in [0.15, 0.2) is 14.6 Å². The van der Waals surface area contributed by atoms with E-state index in [1.165, 1.54) is 31.4 Å². The average Bonchev–Trinajstić information content (AvgIpc) is 2.73. The molecule has 0 heterocycles. The van der Waals surface area contributed by atoms with Gasteiger partial charge in [0.25, 0.3) is 0 Å². The summed E-state index contributed by atoms with van der Waals surface area (Å²) in [6.07, 6.45) is -0.135. The summed E-state index contributed by atoms with van der Waals surface area (Å²) in [6, 6.07) is 15.2. The normalized spacial score (nSPS) is 14.1. The molecule has 0 aromatic heterocycles. The lowest BCUT2D eigenvalue weighted by Gasteiger charge is -2.35. The molecule has 1 N–H and O–H groups in total. The maximum Gasteiger partial charge on any atom is 0.325 e. The summed E-state index contributed by atoms with van der Waals surface area (Å²) >= 11 is 0. The van der Waals surface area contributed by atoms with Crippen LogP contribution in [0.4, 0.5) is 0 Å². The zero-order valence-corrected chi connectivity index (χ0v) is 19.7. The first-order valence-corrected chi connectivity index (χ1v) is 11.9. The van der Waals surface area contributed by atoms with Gasteiger partial charge >= 0.3 is 5.97 Å². The summed E-state index contributed by atoms with van der Waals surface area (Å²) in [4.78, 5) is 14.8. The van der Waals surface area contributed by atoms with Crippen LogP contribution in [0.25, 0.3) is 0 Å². The lowest BCUT2D eigenvalue weighted by Crippen LogP contribution is -2.51. The van der Waals surface area contributed by atoms with Gasteiger partial charge in [-0.2, -0.15) is 0 Å². The fraction of sp³-hybridized carbons (Fsp3) is 0.458. The van der Waals surface area contributed by atoms with Crippen LogP contribution in [0.1, 0.15) is 39.7 Å². The lowest BCUT2D eigenvalue weighted by atomic mass is 9.94. The van der Waals surface area contributed by atoms with Crippen molar-refractivity contribution in [3.05, 3.63) is 60.2 Å². The molecule has 170 valence electrons. The minimum Gasteiger partial charge on any atom is -0.497 e. The number of nitrogens with zero attached hydrogens (tertiary/aromatic N) is 1. The number of carboxylic acids is 1. The molecule has 0 radical (unpaired) electrons. The van der Waals surface area contributed by atoms with E-state index in [1.54, 1.807) is 24.3 Å². The fourth-order valence-corrected chi connectivity index (χ4v) is 5.84. The Morgan fingerprint density at radius 3 is 2.00 bits per heavy atom. The van der Waals surface area contributed by atoms with Crippen LogP contribution in [0, 0.1) is 0 Å². The van der Waals surface area contributed by atoms with Crippen LogP contribution in [0.2, 0.25) is 0 Å². The topological polar surface area (TPSA) is 83.9 Å². The predicted molar refractivity (Wildman–Crippen MR) is 122 cm³/mol. The van der Waals surface area contributed by atoms with Crippen molar-refractivity contribution in [2.75, 3.05) is 13.7 Å². The molecule has 2 aromatic carbocycles. The molecule has 0 aliphatic rings. The Balaban J connectivity index is 2.59. The van der Waals surface area contributed by atoms with Crippen LogP contribution in [-0.2, 0) is 21.1 Å². The molecule has 2 rings (SSSR count). The minimum atomic E-state index is -4.21. The van der Waals surface area contributed by atoms with Crippen molar-refractivity contribution in [3.8, 4) is 5.75 Å². The zero-order valence-electron chi connectivity index (χ0n) is 18.9. The number of methoxy groups -OCH3 is 1. The van der Waals surface area contributed by atoms with Crippen molar-refractivity contribution < 1.29 is 23.1 Å². The first-order chi connectivity index (χ1) is 14.5. The lowest BCUT2D eigenvalue weighted by molar-refractivity contribution is -0.140. The molecule has 0 spiro atoms. The smallest absolute Gasteiger partial charge is 0.325 e. The third-order valence-corrected chi connectivity index (χ3v) is 8.15. The number of rotatable bonds is 11. The molecule has 0 aliphatic carbocycles. The Bertz CT molecular complexity index is 947. The van der Waals surface area contributed by atoms with Crippen LogP contribution in [-0.4, -0.2) is 54.9 Å². The largest absolute Gasteiger partial charge is 0.497 e. The Labute approximate surface area is 185 Å². The molecule has 0 saturated carbocycles. The highest BCUT2D eigenvalue weighted by molar-refractivity contribution is 7.93.